The van der Waals surface area contributed by atoms with Crippen molar-refractivity contribution in [2.24, 2.45) is 0 Å². The van der Waals surface area contributed by atoms with Gasteiger partial charge in [0.2, 0.25) is 0 Å². The summed E-state index contributed by atoms with van der Waals surface area (Å²) in [7, 11) is 0. The molecule has 5 heteroatoms. The van der Waals surface area contributed by atoms with Gasteiger partial charge in [-0.15, -0.1) is 0 Å². The third kappa shape index (κ3) is 2.54. The number of nitrogens with zero attached hydrogens (tertiary/aromatic N) is 3. The molecule has 1 saturated carbocycles. The summed E-state index contributed by atoms with van der Waals surface area (Å²) in [5.74, 6) is 0.847. The Labute approximate surface area is 116 Å². The Morgan fingerprint density at radius 2 is 2.26 bits per heavy atom. The number of anilines is 2. The lowest BCUT2D eigenvalue weighted by atomic mass is 10.2. The molecule has 1 fully saturated rings. The van der Waals surface area contributed by atoms with Crippen molar-refractivity contribution in [3.63, 3.8) is 0 Å². The average Bonchev–Trinajstić information content (AvgIpc) is 3.14. The van der Waals surface area contributed by atoms with Gasteiger partial charge in [-0.3, -0.25) is 0 Å². The van der Waals surface area contributed by atoms with Crippen LogP contribution in [-0.4, -0.2) is 11.0 Å². The largest absolute Gasteiger partial charge is 0.396 e. The SMILES string of the molecule is N#Cc1nc(N(Cc2ccsc2)C2CC2)ccc1N. The molecule has 0 amide bonds. The summed E-state index contributed by atoms with van der Waals surface area (Å²) in [5.41, 5.74) is 7.77. The number of rotatable bonds is 4. The summed E-state index contributed by atoms with van der Waals surface area (Å²) >= 11 is 1.70. The normalized spacial score (nSPS) is 14.1. The molecule has 0 aliphatic heterocycles. The van der Waals surface area contributed by atoms with Gasteiger partial charge in [-0.1, -0.05) is 0 Å². The molecule has 0 radical (unpaired) electrons. The Morgan fingerprint density at radius 1 is 1.42 bits per heavy atom. The van der Waals surface area contributed by atoms with E-state index in [2.05, 4.69) is 26.7 Å². The number of nitrogens with two attached hydrogens (primary N) is 1. The van der Waals surface area contributed by atoms with Gasteiger partial charge in [-0.2, -0.15) is 16.6 Å². The first-order valence-electron chi connectivity index (χ1n) is 6.22. The Balaban J connectivity index is 1.90. The van der Waals surface area contributed by atoms with Crippen LogP contribution >= 0.6 is 11.3 Å². The summed E-state index contributed by atoms with van der Waals surface area (Å²) in [6, 6.07) is 8.39. The summed E-state index contributed by atoms with van der Waals surface area (Å²) in [5, 5.41) is 13.3. The van der Waals surface area contributed by atoms with Crippen LogP contribution in [0, 0.1) is 11.3 Å². The molecule has 0 unspecified atom stereocenters. The van der Waals surface area contributed by atoms with E-state index in [9.17, 15) is 0 Å². The first kappa shape index (κ1) is 12.0. The maximum Gasteiger partial charge on any atom is 0.165 e. The molecule has 0 atom stereocenters. The van der Waals surface area contributed by atoms with Gasteiger partial charge < -0.3 is 10.6 Å². The van der Waals surface area contributed by atoms with E-state index >= 15 is 0 Å². The predicted molar refractivity (Wildman–Crippen MR) is 76.9 cm³/mol. The third-order valence-electron chi connectivity index (χ3n) is 3.23. The van der Waals surface area contributed by atoms with E-state index in [-0.39, 0.29) is 0 Å². The Hall–Kier alpha value is -2.06. The second kappa shape index (κ2) is 4.90. The summed E-state index contributed by atoms with van der Waals surface area (Å²) in [4.78, 5) is 6.64. The highest BCUT2D eigenvalue weighted by Crippen LogP contribution is 2.33. The molecule has 2 N–H and O–H groups in total. The minimum Gasteiger partial charge on any atom is -0.396 e. The van der Waals surface area contributed by atoms with E-state index in [1.165, 1.54) is 18.4 Å². The maximum absolute atomic E-state index is 9.03. The van der Waals surface area contributed by atoms with Gasteiger partial charge in [0.25, 0.3) is 0 Å². The van der Waals surface area contributed by atoms with Crippen molar-refractivity contribution in [3.05, 3.63) is 40.2 Å². The molecule has 0 aromatic carbocycles. The second-order valence-electron chi connectivity index (χ2n) is 4.71. The Bertz CT molecular complexity index is 611. The third-order valence-corrected chi connectivity index (χ3v) is 3.96. The van der Waals surface area contributed by atoms with Crippen LogP contribution in [0.5, 0.6) is 0 Å². The summed E-state index contributed by atoms with van der Waals surface area (Å²) < 4.78 is 0. The van der Waals surface area contributed by atoms with Crippen LogP contribution in [0.25, 0.3) is 0 Å². The van der Waals surface area contributed by atoms with Crippen molar-refractivity contribution in [2.45, 2.75) is 25.4 Å². The molecule has 0 saturated heterocycles. The number of nitrogen functional groups attached to an aromatic ring is 1. The van der Waals surface area contributed by atoms with E-state index in [0.717, 1.165) is 12.4 Å². The van der Waals surface area contributed by atoms with E-state index < -0.39 is 0 Å². The highest BCUT2D eigenvalue weighted by atomic mass is 32.1. The van der Waals surface area contributed by atoms with Crippen LogP contribution in [-0.2, 0) is 6.54 Å². The lowest BCUT2D eigenvalue weighted by Gasteiger charge is -2.23. The zero-order valence-corrected chi connectivity index (χ0v) is 11.2. The van der Waals surface area contributed by atoms with Crippen molar-refractivity contribution in [1.82, 2.24) is 4.98 Å². The van der Waals surface area contributed by atoms with Crippen LogP contribution in [0.4, 0.5) is 11.5 Å². The monoisotopic (exact) mass is 270 g/mol. The smallest absolute Gasteiger partial charge is 0.165 e. The number of hydrogen-bond acceptors (Lipinski definition) is 5. The lowest BCUT2D eigenvalue weighted by molar-refractivity contribution is 0.779. The van der Waals surface area contributed by atoms with Gasteiger partial charge >= 0.3 is 0 Å². The number of aromatic nitrogens is 1. The second-order valence-corrected chi connectivity index (χ2v) is 5.49. The lowest BCUT2D eigenvalue weighted by Crippen LogP contribution is -2.26. The fourth-order valence-electron chi connectivity index (χ4n) is 2.07. The highest BCUT2D eigenvalue weighted by Gasteiger charge is 2.30. The van der Waals surface area contributed by atoms with Crippen molar-refractivity contribution in [3.8, 4) is 6.07 Å². The molecule has 4 nitrogen and oxygen atoms in total. The number of pyridine rings is 1. The molecule has 2 heterocycles. The van der Waals surface area contributed by atoms with E-state index in [0.29, 0.717) is 17.4 Å². The minimum atomic E-state index is 0.313. The first-order valence-corrected chi connectivity index (χ1v) is 7.16. The summed E-state index contributed by atoms with van der Waals surface area (Å²) in [6.45, 7) is 0.843. The fourth-order valence-corrected chi connectivity index (χ4v) is 2.73. The van der Waals surface area contributed by atoms with Crippen molar-refractivity contribution in [1.29, 1.82) is 5.26 Å². The fraction of sp³-hybridized carbons (Fsp3) is 0.286. The van der Waals surface area contributed by atoms with Crippen molar-refractivity contribution >= 4 is 22.8 Å². The number of hydrogen-bond donors (Lipinski definition) is 1. The molecule has 19 heavy (non-hydrogen) atoms. The molecule has 96 valence electrons. The molecule has 0 bridgehead atoms. The van der Waals surface area contributed by atoms with Gasteiger partial charge in [-0.05, 0) is 47.4 Å². The van der Waals surface area contributed by atoms with E-state index in [4.69, 9.17) is 11.0 Å². The van der Waals surface area contributed by atoms with Crippen LogP contribution in [0.1, 0.15) is 24.1 Å². The van der Waals surface area contributed by atoms with Gasteiger partial charge in [0, 0.05) is 12.6 Å². The van der Waals surface area contributed by atoms with E-state index in [1.54, 1.807) is 17.4 Å². The molecule has 1 aliphatic rings. The highest BCUT2D eigenvalue weighted by molar-refractivity contribution is 7.07. The quantitative estimate of drug-likeness (QED) is 0.927. The molecular formula is C14H14N4S. The molecule has 3 rings (SSSR count). The van der Waals surface area contributed by atoms with E-state index in [1.807, 2.05) is 12.1 Å². The molecule has 2 aromatic heterocycles. The van der Waals surface area contributed by atoms with Gasteiger partial charge in [-0.25, -0.2) is 4.98 Å². The zero-order valence-electron chi connectivity index (χ0n) is 10.4. The van der Waals surface area contributed by atoms with Gasteiger partial charge in [0.15, 0.2) is 5.69 Å². The Morgan fingerprint density at radius 3 is 2.89 bits per heavy atom. The van der Waals surface area contributed by atoms with Crippen molar-refractivity contribution < 1.29 is 0 Å². The maximum atomic E-state index is 9.03. The first-order chi connectivity index (χ1) is 9.28. The summed E-state index contributed by atoms with van der Waals surface area (Å²) in [6.07, 6.45) is 2.39. The average molecular weight is 270 g/mol. The topological polar surface area (TPSA) is 65.9 Å². The zero-order chi connectivity index (χ0) is 13.2. The predicted octanol–water partition coefficient (Wildman–Crippen LogP) is 2.77. The van der Waals surface area contributed by atoms with Gasteiger partial charge in [0.1, 0.15) is 11.9 Å². The van der Waals surface area contributed by atoms with Crippen LogP contribution in [0.3, 0.4) is 0 Å². The molecule has 2 aromatic rings. The van der Waals surface area contributed by atoms with Crippen LogP contribution in [0.2, 0.25) is 0 Å². The Kier molecular flexibility index (Phi) is 3.10. The van der Waals surface area contributed by atoms with Crippen molar-refractivity contribution in [2.75, 3.05) is 10.6 Å². The molecule has 0 spiro atoms. The van der Waals surface area contributed by atoms with Crippen LogP contribution in [0.15, 0.2) is 29.0 Å². The van der Waals surface area contributed by atoms with Crippen LogP contribution < -0.4 is 10.6 Å². The minimum absolute atomic E-state index is 0.313. The van der Waals surface area contributed by atoms with Gasteiger partial charge in [0.05, 0.1) is 5.69 Å². The standard InChI is InChI=1S/C14H14N4S/c15-7-13-12(16)3-4-14(17-13)18(11-1-2-11)8-10-5-6-19-9-10/h3-6,9,11H,1-2,8,16H2. The molecular weight excluding hydrogens is 256 g/mol. The number of nitriles is 1. The number of thiophene rings is 1. The molecule has 1 aliphatic carbocycles.